The third-order valence-corrected chi connectivity index (χ3v) is 15.1. The predicted octanol–water partition coefficient (Wildman–Crippen LogP) is 17.6. The largest absolute Gasteiger partial charge is 0.507 e. The number of imidazole rings is 1. The van der Waals surface area contributed by atoms with E-state index in [4.69, 9.17) is 12.7 Å². The number of benzene rings is 6. The third-order valence-electron chi connectivity index (χ3n) is 15.1. The predicted molar refractivity (Wildman–Crippen MR) is 294 cm³/mol. The molecule has 0 bridgehead atoms. The van der Waals surface area contributed by atoms with Gasteiger partial charge >= 0.3 is 0 Å². The summed E-state index contributed by atoms with van der Waals surface area (Å²) in [6.45, 7) is 20.0. The summed E-state index contributed by atoms with van der Waals surface area (Å²) >= 11 is 0. The molecular weight excluding hydrogens is 1050 g/mol. The molecule has 5 heteroatoms. The molecule has 2 fully saturated rings. The van der Waals surface area contributed by atoms with Gasteiger partial charge in [-0.2, -0.15) is 0 Å². The summed E-state index contributed by atoms with van der Waals surface area (Å²) in [6, 6.07) is 49.2. The minimum Gasteiger partial charge on any atom is -0.507 e. The molecule has 0 spiro atoms. The number of para-hydroxylation sites is 1. The number of nitrogens with zero attached hydrogens (tertiary/aromatic N) is 3. The van der Waals surface area contributed by atoms with Crippen molar-refractivity contribution in [2.75, 3.05) is 0 Å². The van der Waals surface area contributed by atoms with Crippen molar-refractivity contribution < 1.29 is 28.9 Å². The van der Waals surface area contributed by atoms with Crippen molar-refractivity contribution in [1.29, 1.82) is 0 Å². The van der Waals surface area contributed by atoms with Crippen LogP contribution < -0.4 is 0 Å². The first-order valence-electron chi connectivity index (χ1n) is 27.0. The van der Waals surface area contributed by atoms with Gasteiger partial charge in [0.05, 0.1) is 22.3 Å². The van der Waals surface area contributed by atoms with Crippen molar-refractivity contribution in [2.45, 2.75) is 143 Å². The van der Waals surface area contributed by atoms with Gasteiger partial charge in [-0.15, -0.1) is 29.3 Å². The van der Waals surface area contributed by atoms with Crippen LogP contribution in [-0.4, -0.2) is 19.6 Å². The maximum Gasteiger partial charge on any atom is 0.148 e. The molecule has 0 saturated heterocycles. The second-order valence-corrected chi connectivity index (χ2v) is 23.5. The van der Waals surface area contributed by atoms with E-state index in [1.54, 1.807) is 0 Å². The molecule has 0 atom stereocenters. The van der Waals surface area contributed by atoms with Crippen molar-refractivity contribution in [3.8, 4) is 67.5 Å². The fraction of sp³-hybridized carbons (Fsp3) is 0.364. The van der Waals surface area contributed by atoms with E-state index in [0.29, 0.717) is 17.3 Å². The van der Waals surface area contributed by atoms with E-state index >= 15 is 0 Å². The van der Waals surface area contributed by atoms with E-state index in [-0.39, 0.29) is 49.0 Å². The first-order chi connectivity index (χ1) is 34.2. The minimum atomic E-state index is -1.34. The van der Waals surface area contributed by atoms with Crippen LogP contribution >= 0.6 is 0 Å². The van der Waals surface area contributed by atoms with Gasteiger partial charge in [0, 0.05) is 46.8 Å². The average Bonchev–Trinajstić information content (AvgIpc) is 4.17. The van der Waals surface area contributed by atoms with Gasteiger partial charge in [-0.25, -0.2) is 4.98 Å². The summed E-state index contributed by atoms with van der Waals surface area (Å²) in [6.07, 6.45) is 10.9. The van der Waals surface area contributed by atoms with Crippen molar-refractivity contribution in [1.82, 2.24) is 14.5 Å². The van der Waals surface area contributed by atoms with E-state index in [2.05, 4.69) is 182 Å². The summed E-state index contributed by atoms with van der Waals surface area (Å²) < 4.78 is 20.3. The van der Waals surface area contributed by atoms with Gasteiger partial charge in [0.1, 0.15) is 11.6 Å². The maximum absolute atomic E-state index is 12.6. The number of aromatic hydroxyl groups is 1. The Morgan fingerprint density at radius 1 is 0.592 bits per heavy atom. The van der Waals surface area contributed by atoms with Crippen LogP contribution in [0, 0.1) is 17.9 Å². The van der Waals surface area contributed by atoms with E-state index in [1.165, 1.54) is 31.2 Å². The fourth-order valence-electron chi connectivity index (χ4n) is 11.0. The molecular formula is C66H72N3OPt-. The summed E-state index contributed by atoms with van der Waals surface area (Å²) in [5, 5.41) is 12.6. The molecule has 0 radical (unpaired) electrons. The van der Waals surface area contributed by atoms with E-state index in [1.807, 2.05) is 24.4 Å². The van der Waals surface area contributed by atoms with E-state index < -0.39 is 6.37 Å². The number of pyridine rings is 1. The molecule has 0 aliphatic heterocycles. The summed E-state index contributed by atoms with van der Waals surface area (Å²) in [5.41, 5.74) is 15.9. The van der Waals surface area contributed by atoms with Crippen LogP contribution in [0.3, 0.4) is 0 Å². The molecule has 4 nitrogen and oxygen atoms in total. The van der Waals surface area contributed by atoms with Crippen molar-refractivity contribution in [3.63, 3.8) is 0 Å². The van der Waals surface area contributed by atoms with Crippen LogP contribution in [0.1, 0.15) is 144 Å². The second kappa shape index (κ2) is 20.1. The molecule has 2 aliphatic rings. The van der Waals surface area contributed by atoms with Gasteiger partial charge in [0.2, 0.25) is 0 Å². The minimum absolute atomic E-state index is 0. The number of hydrogen-bond donors (Lipinski definition) is 1. The molecule has 2 aromatic heterocycles. The molecule has 0 unspecified atom stereocenters. The topological polar surface area (TPSA) is 50.9 Å². The Labute approximate surface area is 441 Å². The Morgan fingerprint density at radius 3 is 1.92 bits per heavy atom. The quantitative estimate of drug-likeness (QED) is 0.139. The van der Waals surface area contributed by atoms with Crippen LogP contribution in [0.15, 0.2) is 134 Å². The van der Waals surface area contributed by atoms with Crippen molar-refractivity contribution in [2.24, 2.45) is 11.8 Å². The van der Waals surface area contributed by atoms with Crippen LogP contribution in [0.2, 0.25) is 0 Å². The molecule has 368 valence electrons. The molecule has 10 rings (SSSR count). The number of phenolic OH excluding ortho intramolecular Hbond substituents is 1. The number of hydrogen-bond acceptors (Lipinski definition) is 3. The number of rotatable bonds is 10. The molecule has 2 heterocycles. The Balaban J connectivity index is 0.00000656. The molecule has 6 aromatic carbocycles. The zero-order valence-electron chi connectivity index (χ0n) is 45.3. The Hall–Kier alpha value is -5.57. The SMILES string of the molecule is [2H]C([2H])(c1ccc(-c2ccnc(-c3[c-]c(-c4cccc5c4nc(-c4cc(C(C)(C)C)cc(C(C)(C)C)c4O)n5-c4ccc(CC5CCCC5)cc4-c4ccccc4)cc(C(C)(C)C)c3)c2)cc1)C1CCCC1.[Pt]. The third kappa shape index (κ3) is 10.7. The van der Waals surface area contributed by atoms with Crippen LogP contribution in [0.4, 0.5) is 0 Å². The van der Waals surface area contributed by atoms with Gasteiger partial charge in [0.25, 0.3) is 0 Å². The monoisotopic (exact) mass is 1120 g/mol. The van der Waals surface area contributed by atoms with Gasteiger partial charge in [-0.05, 0) is 105 Å². The summed E-state index contributed by atoms with van der Waals surface area (Å²) in [5.74, 6) is 1.72. The average molecular weight is 1120 g/mol. The van der Waals surface area contributed by atoms with Crippen LogP contribution in [-0.2, 0) is 50.1 Å². The number of phenols is 1. The van der Waals surface area contributed by atoms with Crippen molar-refractivity contribution >= 4 is 11.0 Å². The summed E-state index contributed by atoms with van der Waals surface area (Å²) in [7, 11) is 0. The van der Waals surface area contributed by atoms with Gasteiger partial charge in [0.15, 0.2) is 0 Å². The zero-order chi connectivity index (χ0) is 50.7. The van der Waals surface area contributed by atoms with Gasteiger partial charge in [-0.1, -0.05) is 210 Å². The van der Waals surface area contributed by atoms with E-state index in [0.717, 1.165) is 116 Å². The normalized spacial score (nSPS) is 15.5. The Morgan fingerprint density at radius 2 is 1.24 bits per heavy atom. The summed E-state index contributed by atoms with van der Waals surface area (Å²) in [4.78, 5) is 10.7. The van der Waals surface area contributed by atoms with Gasteiger partial charge < -0.3 is 5.11 Å². The molecule has 0 amide bonds. The molecule has 8 aromatic rings. The fourth-order valence-corrected chi connectivity index (χ4v) is 11.0. The molecule has 1 N–H and O–H groups in total. The zero-order valence-corrected chi connectivity index (χ0v) is 45.6. The number of aromatic nitrogens is 3. The number of fused-ring (bicyclic) bond motifs is 1. The van der Waals surface area contributed by atoms with Crippen molar-refractivity contribution in [3.05, 3.63) is 167 Å². The molecule has 71 heavy (non-hydrogen) atoms. The Kier molecular flexibility index (Phi) is 13.5. The van der Waals surface area contributed by atoms with Crippen LogP contribution in [0.5, 0.6) is 5.75 Å². The second-order valence-electron chi connectivity index (χ2n) is 23.5. The Bertz CT molecular complexity index is 3270. The standard InChI is InChI=1S/C66H72N3O.Pt/c1-64(2,3)52-38-50(37-51(39-52)58-40-49(32-33-67-58)47-29-26-45(27-30-47)34-43-18-13-14-19-43)54-24-17-25-60-61(54)68-63(56-41-53(65(4,5)6)42-57(62(56)70)66(7,8)9)69(60)59-31-28-46(35-44-20-15-16-21-44)36-55(59)48-22-11-10-12-23-48;/h10-12,17,22-33,36,38-44,70H,13-16,18-21,34-35H2,1-9H3;/q-1;/i34D2;. The first kappa shape index (κ1) is 47.7. The molecule has 2 aliphatic carbocycles. The van der Waals surface area contributed by atoms with Crippen LogP contribution in [0.25, 0.3) is 72.7 Å². The van der Waals surface area contributed by atoms with Gasteiger partial charge in [-0.3, -0.25) is 9.55 Å². The first-order valence-corrected chi connectivity index (χ1v) is 26.0. The molecule has 2 saturated carbocycles. The smallest absolute Gasteiger partial charge is 0.148 e. The maximum atomic E-state index is 12.6. The van der Waals surface area contributed by atoms with E-state index in [9.17, 15) is 5.11 Å².